The Hall–Kier alpha value is -2.27. The summed E-state index contributed by atoms with van der Waals surface area (Å²) in [4.78, 5) is 14.0. The predicted molar refractivity (Wildman–Crippen MR) is 89.1 cm³/mol. The third-order valence-corrected chi connectivity index (χ3v) is 4.31. The maximum Gasteiger partial charge on any atom is 0.257 e. The summed E-state index contributed by atoms with van der Waals surface area (Å²) >= 11 is 5.84. The lowest BCUT2D eigenvalue weighted by Gasteiger charge is -2.32. The number of hydrogen-bond donors (Lipinski definition) is 1. The van der Waals surface area contributed by atoms with E-state index in [2.05, 4.69) is 0 Å². The van der Waals surface area contributed by atoms with Crippen molar-refractivity contribution in [1.82, 2.24) is 4.90 Å². The number of phenolic OH excluding ortho intramolecular Hbond substituents is 1. The Morgan fingerprint density at radius 1 is 1.17 bits per heavy atom. The molecule has 1 heterocycles. The van der Waals surface area contributed by atoms with Crippen LogP contribution in [-0.2, 0) is 0 Å². The molecule has 0 aliphatic carbocycles. The van der Waals surface area contributed by atoms with Gasteiger partial charge in [0.2, 0.25) is 0 Å². The van der Waals surface area contributed by atoms with Crippen molar-refractivity contribution in [2.75, 3.05) is 13.1 Å². The number of phenols is 1. The molecule has 1 amide bonds. The third-order valence-electron chi connectivity index (χ3n) is 4.06. The first-order valence-corrected chi connectivity index (χ1v) is 8.11. The number of hydrogen-bond acceptors (Lipinski definition) is 3. The first kappa shape index (κ1) is 16.6. The van der Waals surface area contributed by atoms with Crippen LogP contribution in [0.4, 0.5) is 4.39 Å². The van der Waals surface area contributed by atoms with E-state index < -0.39 is 11.6 Å². The van der Waals surface area contributed by atoms with Gasteiger partial charge in [-0.15, -0.1) is 0 Å². The molecule has 1 N–H and O–H groups in total. The highest BCUT2D eigenvalue weighted by molar-refractivity contribution is 6.30. The SMILES string of the molecule is O=C(c1cccc(F)c1O)N1CCC(Oc2ccc(Cl)cc2)CC1. The lowest BCUT2D eigenvalue weighted by atomic mass is 10.1. The van der Waals surface area contributed by atoms with Crippen molar-refractivity contribution in [1.29, 1.82) is 0 Å². The summed E-state index contributed by atoms with van der Waals surface area (Å²) in [7, 11) is 0. The van der Waals surface area contributed by atoms with E-state index in [4.69, 9.17) is 16.3 Å². The van der Waals surface area contributed by atoms with E-state index in [0.717, 1.165) is 11.8 Å². The maximum absolute atomic E-state index is 13.4. The maximum atomic E-state index is 13.4. The molecule has 4 nitrogen and oxygen atoms in total. The Bertz CT molecular complexity index is 728. The molecule has 3 rings (SSSR count). The minimum Gasteiger partial charge on any atom is -0.504 e. The van der Waals surface area contributed by atoms with E-state index in [0.29, 0.717) is 31.0 Å². The number of aromatic hydroxyl groups is 1. The molecule has 2 aromatic rings. The zero-order chi connectivity index (χ0) is 17.1. The monoisotopic (exact) mass is 349 g/mol. The number of piperidine rings is 1. The lowest BCUT2D eigenvalue weighted by molar-refractivity contribution is 0.0592. The van der Waals surface area contributed by atoms with Crippen molar-refractivity contribution in [2.24, 2.45) is 0 Å². The Kier molecular flexibility index (Phi) is 4.90. The molecule has 0 saturated carbocycles. The third kappa shape index (κ3) is 3.62. The fraction of sp³-hybridized carbons (Fsp3) is 0.278. The summed E-state index contributed by atoms with van der Waals surface area (Å²) in [6.45, 7) is 0.986. The van der Waals surface area contributed by atoms with E-state index in [-0.39, 0.29) is 17.6 Å². The van der Waals surface area contributed by atoms with Crippen LogP contribution >= 0.6 is 11.6 Å². The van der Waals surface area contributed by atoms with Crippen molar-refractivity contribution >= 4 is 17.5 Å². The average Bonchev–Trinajstić information content (AvgIpc) is 2.59. The van der Waals surface area contributed by atoms with Gasteiger partial charge in [0.1, 0.15) is 11.9 Å². The highest BCUT2D eigenvalue weighted by Crippen LogP contribution is 2.25. The van der Waals surface area contributed by atoms with Crippen LogP contribution in [0.2, 0.25) is 5.02 Å². The van der Waals surface area contributed by atoms with Gasteiger partial charge in [0.05, 0.1) is 5.56 Å². The van der Waals surface area contributed by atoms with Gasteiger partial charge in [0.15, 0.2) is 11.6 Å². The van der Waals surface area contributed by atoms with Gasteiger partial charge in [-0.1, -0.05) is 17.7 Å². The van der Waals surface area contributed by atoms with Crippen LogP contribution < -0.4 is 4.74 Å². The van der Waals surface area contributed by atoms with Crippen LogP contribution in [0.1, 0.15) is 23.2 Å². The molecule has 1 fully saturated rings. The number of benzene rings is 2. The molecule has 0 unspecified atom stereocenters. The summed E-state index contributed by atoms with van der Waals surface area (Å²) in [5.41, 5.74) is -0.00734. The number of carbonyl (C=O) groups is 1. The molecule has 126 valence electrons. The molecule has 2 aromatic carbocycles. The van der Waals surface area contributed by atoms with Crippen LogP contribution in [0.5, 0.6) is 11.5 Å². The zero-order valence-electron chi connectivity index (χ0n) is 12.9. The smallest absolute Gasteiger partial charge is 0.257 e. The lowest BCUT2D eigenvalue weighted by Crippen LogP contribution is -2.41. The largest absolute Gasteiger partial charge is 0.504 e. The first-order valence-electron chi connectivity index (χ1n) is 7.73. The van der Waals surface area contributed by atoms with Crippen LogP contribution in [0.3, 0.4) is 0 Å². The molecule has 1 aliphatic heterocycles. The second kappa shape index (κ2) is 7.09. The Labute approximate surface area is 144 Å². The minimum absolute atomic E-state index is 0.00734. The molecular formula is C18H17ClFNO3. The molecule has 0 bridgehead atoms. The molecule has 24 heavy (non-hydrogen) atoms. The van der Waals surface area contributed by atoms with Gasteiger partial charge in [0, 0.05) is 31.0 Å². The fourth-order valence-corrected chi connectivity index (χ4v) is 2.87. The normalized spacial score (nSPS) is 15.3. The van der Waals surface area contributed by atoms with Gasteiger partial charge in [0.25, 0.3) is 5.91 Å². The Morgan fingerprint density at radius 2 is 1.83 bits per heavy atom. The van der Waals surface area contributed by atoms with Crippen LogP contribution in [-0.4, -0.2) is 35.1 Å². The number of nitrogens with zero attached hydrogens (tertiary/aromatic N) is 1. The van der Waals surface area contributed by atoms with Crippen molar-refractivity contribution in [3.63, 3.8) is 0 Å². The molecule has 0 spiro atoms. The average molecular weight is 350 g/mol. The predicted octanol–water partition coefficient (Wildman–Crippen LogP) is 3.87. The Morgan fingerprint density at radius 3 is 2.50 bits per heavy atom. The standard InChI is InChI=1S/C18H17ClFNO3/c19-12-4-6-13(7-5-12)24-14-8-10-21(11-9-14)18(23)15-2-1-3-16(20)17(15)22/h1-7,14,22H,8-11H2. The number of ether oxygens (including phenoxy) is 1. The minimum atomic E-state index is -0.790. The number of amides is 1. The number of rotatable bonds is 3. The molecular weight excluding hydrogens is 333 g/mol. The van der Waals surface area contributed by atoms with Gasteiger partial charge in [-0.05, 0) is 36.4 Å². The summed E-state index contributed by atoms with van der Waals surface area (Å²) in [5.74, 6) is -1.01. The summed E-state index contributed by atoms with van der Waals surface area (Å²) in [6, 6.07) is 11.1. The van der Waals surface area contributed by atoms with Crippen LogP contribution in [0.15, 0.2) is 42.5 Å². The van der Waals surface area contributed by atoms with Crippen LogP contribution in [0.25, 0.3) is 0 Å². The van der Waals surface area contributed by atoms with Crippen molar-refractivity contribution in [3.8, 4) is 11.5 Å². The number of halogens is 2. The quantitative estimate of drug-likeness (QED) is 0.915. The van der Waals surface area contributed by atoms with Crippen molar-refractivity contribution in [2.45, 2.75) is 18.9 Å². The number of carbonyl (C=O) groups excluding carboxylic acids is 1. The highest BCUT2D eigenvalue weighted by Gasteiger charge is 2.26. The molecule has 0 atom stereocenters. The second-order valence-electron chi connectivity index (χ2n) is 5.70. The van der Waals surface area contributed by atoms with Gasteiger partial charge in [-0.2, -0.15) is 0 Å². The molecule has 0 radical (unpaired) electrons. The van der Waals surface area contributed by atoms with E-state index in [9.17, 15) is 14.3 Å². The Balaban J connectivity index is 1.59. The van der Waals surface area contributed by atoms with Gasteiger partial charge in [-0.25, -0.2) is 4.39 Å². The van der Waals surface area contributed by atoms with Crippen molar-refractivity contribution in [3.05, 3.63) is 58.9 Å². The fourth-order valence-electron chi connectivity index (χ4n) is 2.74. The highest BCUT2D eigenvalue weighted by atomic mass is 35.5. The number of para-hydroxylation sites is 1. The second-order valence-corrected chi connectivity index (χ2v) is 6.14. The number of likely N-dealkylation sites (tertiary alicyclic amines) is 1. The summed E-state index contributed by atoms with van der Waals surface area (Å²) in [5, 5.41) is 10.4. The summed E-state index contributed by atoms with van der Waals surface area (Å²) < 4.78 is 19.3. The van der Waals surface area contributed by atoms with Crippen LogP contribution in [0, 0.1) is 5.82 Å². The van der Waals surface area contributed by atoms with E-state index in [1.165, 1.54) is 12.1 Å². The molecule has 1 aliphatic rings. The topological polar surface area (TPSA) is 49.8 Å². The van der Waals surface area contributed by atoms with Gasteiger partial charge >= 0.3 is 0 Å². The van der Waals surface area contributed by atoms with E-state index in [1.54, 1.807) is 17.0 Å². The van der Waals surface area contributed by atoms with Crippen molar-refractivity contribution < 1.29 is 19.0 Å². The molecule has 0 aromatic heterocycles. The van der Waals surface area contributed by atoms with Gasteiger partial charge in [-0.3, -0.25) is 4.79 Å². The van der Waals surface area contributed by atoms with E-state index in [1.807, 2.05) is 12.1 Å². The first-order chi connectivity index (χ1) is 11.5. The van der Waals surface area contributed by atoms with Gasteiger partial charge < -0.3 is 14.7 Å². The molecule has 1 saturated heterocycles. The molecule has 6 heteroatoms. The zero-order valence-corrected chi connectivity index (χ0v) is 13.7. The summed E-state index contributed by atoms with van der Waals surface area (Å²) in [6.07, 6.45) is 1.35. The van der Waals surface area contributed by atoms with E-state index >= 15 is 0 Å².